The van der Waals surface area contributed by atoms with Crippen LogP contribution in [0.3, 0.4) is 0 Å². The zero-order valence-electron chi connectivity index (χ0n) is 16.3. The number of carboxylic acids is 1. The Kier molecular flexibility index (Phi) is 12.4. The van der Waals surface area contributed by atoms with Crippen molar-refractivity contribution in [2.45, 2.75) is 90.4 Å². The molecule has 0 aromatic heterocycles. The molecule has 0 aliphatic heterocycles. The van der Waals surface area contributed by atoms with Crippen molar-refractivity contribution in [3.8, 4) is 11.5 Å². The predicted octanol–water partition coefficient (Wildman–Crippen LogP) is 6.56. The first-order valence-electron chi connectivity index (χ1n) is 10.3. The highest BCUT2D eigenvalue weighted by atomic mass is 16.5. The highest BCUT2D eigenvalue weighted by Gasteiger charge is 2.13. The van der Waals surface area contributed by atoms with Gasteiger partial charge in [-0.25, -0.2) is 4.79 Å². The molecule has 2 N–H and O–H groups in total. The molecule has 0 unspecified atom stereocenters. The number of ether oxygens (including phenoxy) is 1. The summed E-state index contributed by atoms with van der Waals surface area (Å²) in [4.78, 5) is 11.0. The first-order chi connectivity index (χ1) is 12.7. The van der Waals surface area contributed by atoms with Crippen molar-refractivity contribution in [2.75, 3.05) is 6.61 Å². The van der Waals surface area contributed by atoms with Gasteiger partial charge in [-0.3, -0.25) is 0 Å². The molecule has 0 heterocycles. The second-order valence-corrected chi connectivity index (χ2v) is 7.05. The second-order valence-electron chi connectivity index (χ2n) is 7.05. The number of benzene rings is 1. The van der Waals surface area contributed by atoms with Crippen LogP contribution in [0, 0.1) is 0 Å². The van der Waals surface area contributed by atoms with Crippen LogP contribution in [0.25, 0.3) is 0 Å². The van der Waals surface area contributed by atoms with E-state index in [-0.39, 0.29) is 17.1 Å². The van der Waals surface area contributed by atoms with Gasteiger partial charge in [0.1, 0.15) is 5.56 Å². The van der Waals surface area contributed by atoms with E-state index in [2.05, 4.69) is 6.92 Å². The van der Waals surface area contributed by atoms with Gasteiger partial charge in [0.25, 0.3) is 0 Å². The van der Waals surface area contributed by atoms with E-state index in [1.54, 1.807) is 12.1 Å². The van der Waals surface area contributed by atoms with E-state index in [4.69, 9.17) is 9.84 Å². The van der Waals surface area contributed by atoms with E-state index >= 15 is 0 Å². The quantitative estimate of drug-likeness (QED) is 0.326. The summed E-state index contributed by atoms with van der Waals surface area (Å²) in [6.45, 7) is 2.77. The Labute approximate surface area is 158 Å². The number of para-hydroxylation sites is 1. The van der Waals surface area contributed by atoms with Crippen LogP contribution in [-0.2, 0) is 0 Å². The topological polar surface area (TPSA) is 66.8 Å². The molecule has 0 spiro atoms. The molecular weight excluding hydrogens is 328 g/mol. The Bertz CT molecular complexity index is 499. The van der Waals surface area contributed by atoms with Crippen LogP contribution < -0.4 is 4.74 Å². The zero-order chi connectivity index (χ0) is 19.0. The Morgan fingerprint density at radius 3 is 1.85 bits per heavy atom. The highest BCUT2D eigenvalue weighted by molar-refractivity contribution is 5.91. The number of unbranched alkanes of at least 4 members (excludes halogenated alkanes) is 12. The number of rotatable bonds is 16. The van der Waals surface area contributed by atoms with E-state index in [0.717, 1.165) is 12.8 Å². The molecule has 0 aliphatic carbocycles. The number of aromatic carboxylic acids is 1. The predicted molar refractivity (Wildman–Crippen MR) is 106 cm³/mol. The van der Waals surface area contributed by atoms with Crippen molar-refractivity contribution in [1.82, 2.24) is 0 Å². The van der Waals surface area contributed by atoms with Crippen molar-refractivity contribution in [3.05, 3.63) is 23.8 Å². The molecule has 1 rings (SSSR count). The van der Waals surface area contributed by atoms with Gasteiger partial charge in [0.2, 0.25) is 0 Å². The van der Waals surface area contributed by atoms with Gasteiger partial charge >= 0.3 is 5.97 Å². The van der Waals surface area contributed by atoms with Crippen LogP contribution in [0.15, 0.2) is 18.2 Å². The summed E-state index contributed by atoms with van der Waals surface area (Å²) in [6, 6.07) is 4.56. The largest absolute Gasteiger partial charge is 0.504 e. The van der Waals surface area contributed by atoms with E-state index in [1.165, 1.54) is 76.7 Å². The van der Waals surface area contributed by atoms with Gasteiger partial charge in [0.15, 0.2) is 11.5 Å². The van der Waals surface area contributed by atoms with Crippen LogP contribution in [0.1, 0.15) is 101 Å². The first kappa shape index (κ1) is 22.3. The summed E-state index contributed by atoms with van der Waals surface area (Å²) in [7, 11) is 0. The van der Waals surface area contributed by atoms with E-state index in [0.29, 0.717) is 6.61 Å². The molecule has 26 heavy (non-hydrogen) atoms. The fourth-order valence-corrected chi connectivity index (χ4v) is 3.11. The van der Waals surface area contributed by atoms with Gasteiger partial charge < -0.3 is 14.9 Å². The summed E-state index contributed by atoms with van der Waals surface area (Å²) < 4.78 is 5.51. The van der Waals surface area contributed by atoms with Crippen molar-refractivity contribution in [2.24, 2.45) is 0 Å². The van der Waals surface area contributed by atoms with Crippen molar-refractivity contribution < 1.29 is 19.7 Å². The SMILES string of the molecule is CCCCCCCCCCCCCCCOc1cccc(C(=O)O)c1O. The van der Waals surface area contributed by atoms with Gasteiger partial charge in [-0.2, -0.15) is 0 Å². The third-order valence-corrected chi connectivity index (χ3v) is 4.73. The van der Waals surface area contributed by atoms with E-state index in [1.807, 2.05) is 0 Å². The van der Waals surface area contributed by atoms with Crippen LogP contribution >= 0.6 is 0 Å². The fourth-order valence-electron chi connectivity index (χ4n) is 3.11. The highest BCUT2D eigenvalue weighted by Crippen LogP contribution is 2.29. The van der Waals surface area contributed by atoms with Crippen molar-refractivity contribution >= 4 is 5.97 Å². The van der Waals surface area contributed by atoms with Crippen LogP contribution in [0.4, 0.5) is 0 Å². The summed E-state index contributed by atoms with van der Waals surface area (Å²) in [5.41, 5.74) is -0.118. The molecule has 0 amide bonds. The lowest BCUT2D eigenvalue weighted by atomic mass is 10.0. The molecule has 1 aromatic rings. The van der Waals surface area contributed by atoms with E-state index < -0.39 is 5.97 Å². The van der Waals surface area contributed by atoms with Gasteiger partial charge in [0.05, 0.1) is 6.61 Å². The van der Waals surface area contributed by atoms with Gasteiger partial charge in [-0.15, -0.1) is 0 Å². The van der Waals surface area contributed by atoms with Crippen LogP contribution in [-0.4, -0.2) is 22.8 Å². The smallest absolute Gasteiger partial charge is 0.339 e. The average Bonchev–Trinajstić information content (AvgIpc) is 2.63. The maximum absolute atomic E-state index is 11.0. The standard InChI is InChI=1S/C22H36O4/c1-2-3-4-5-6-7-8-9-10-11-12-13-14-18-26-20-17-15-16-19(21(20)23)22(24)25/h15-17,23H,2-14,18H2,1H3,(H,24,25). The maximum atomic E-state index is 11.0. The summed E-state index contributed by atoms with van der Waals surface area (Å²) >= 11 is 0. The minimum atomic E-state index is -1.14. The van der Waals surface area contributed by atoms with Crippen LogP contribution in [0.2, 0.25) is 0 Å². The number of hydrogen-bond donors (Lipinski definition) is 2. The van der Waals surface area contributed by atoms with Crippen molar-refractivity contribution in [3.63, 3.8) is 0 Å². The minimum absolute atomic E-state index is 0.118. The van der Waals surface area contributed by atoms with Crippen molar-refractivity contribution in [1.29, 1.82) is 0 Å². The Balaban J connectivity index is 1.96. The third-order valence-electron chi connectivity index (χ3n) is 4.73. The average molecular weight is 365 g/mol. The zero-order valence-corrected chi connectivity index (χ0v) is 16.3. The van der Waals surface area contributed by atoms with E-state index in [9.17, 15) is 9.90 Å². The first-order valence-corrected chi connectivity index (χ1v) is 10.3. The Morgan fingerprint density at radius 1 is 0.846 bits per heavy atom. The maximum Gasteiger partial charge on any atom is 0.339 e. The lowest BCUT2D eigenvalue weighted by Gasteiger charge is -2.09. The van der Waals surface area contributed by atoms with Crippen LogP contribution in [0.5, 0.6) is 11.5 Å². The molecule has 0 bridgehead atoms. The lowest BCUT2D eigenvalue weighted by molar-refractivity contribution is 0.0692. The number of aromatic hydroxyl groups is 1. The summed E-state index contributed by atoms with van der Waals surface area (Å²) in [5.74, 6) is -1.17. The third kappa shape index (κ3) is 9.69. The molecule has 0 saturated carbocycles. The minimum Gasteiger partial charge on any atom is -0.504 e. The molecule has 0 fully saturated rings. The van der Waals surface area contributed by atoms with Gasteiger partial charge in [0, 0.05) is 0 Å². The number of hydrogen-bond acceptors (Lipinski definition) is 3. The molecule has 0 saturated heterocycles. The molecule has 1 aromatic carbocycles. The van der Waals surface area contributed by atoms with Gasteiger partial charge in [-0.05, 0) is 18.6 Å². The number of carbonyl (C=O) groups is 1. The molecule has 0 aliphatic rings. The Hall–Kier alpha value is -1.71. The summed E-state index contributed by atoms with van der Waals surface area (Å²) in [5, 5.41) is 18.8. The number of phenols is 1. The normalized spacial score (nSPS) is 10.8. The monoisotopic (exact) mass is 364 g/mol. The molecule has 0 atom stereocenters. The molecule has 4 nitrogen and oxygen atoms in total. The molecule has 0 radical (unpaired) electrons. The second kappa shape index (κ2) is 14.5. The molecule has 4 heteroatoms. The summed E-state index contributed by atoms with van der Waals surface area (Å²) in [6.07, 6.45) is 16.8. The fraction of sp³-hybridized carbons (Fsp3) is 0.682. The molecular formula is C22H36O4. The molecule has 148 valence electrons. The number of carboxylic acid groups (broad SMARTS) is 1. The lowest BCUT2D eigenvalue weighted by Crippen LogP contribution is -2.01. The Morgan fingerprint density at radius 2 is 1.35 bits per heavy atom. The van der Waals surface area contributed by atoms with Gasteiger partial charge in [-0.1, -0.05) is 90.0 Å².